The molecule has 0 aromatic heterocycles. The predicted octanol–water partition coefficient (Wildman–Crippen LogP) is -3.43. The van der Waals surface area contributed by atoms with Gasteiger partial charge in [0.1, 0.15) is 0 Å². The first kappa shape index (κ1) is 31.0. The van der Waals surface area contributed by atoms with Crippen molar-refractivity contribution in [1.82, 2.24) is 0 Å². The van der Waals surface area contributed by atoms with Crippen LogP contribution in [0.2, 0.25) is 0 Å². The molecule has 0 N–H and O–H groups in total. The number of hydrogen-bond donors (Lipinski definition) is 0. The Kier molecular flexibility index (Phi) is 33.4. The van der Waals surface area contributed by atoms with Crippen LogP contribution in [0.5, 0.6) is 0 Å². The first-order valence-electron chi connectivity index (χ1n) is 2.88. The van der Waals surface area contributed by atoms with Gasteiger partial charge in [-0.2, -0.15) is 0 Å². The van der Waals surface area contributed by atoms with Gasteiger partial charge in [-0.25, -0.2) is 9.59 Å². The van der Waals surface area contributed by atoms with Gasteiger partial charge in [0.2, 0.25) is 0 Å². The molecule has 0 aliphatic rings. The van der Waals surface area contributed by atoms with Crippen molar-refractivity contribution < 1.29 is 28.7 Å². The summed E-state index contributed by atoms with van der Waals surface area (Å²) in [5, 5.41) is 0. The van der Waals surface area contributed by atoms with Crippen LogP contribution in [0.25, 0.3) is 0 Å². The number of carbonyl (C=O) groups is 4. The molecular formula is C6H10Na4O6. The summed E-state index contributed by atoms with van der Waals surface area (Å²) in [4.78, 5) is 41.1. The van der Waals surface area contributed by atoms with Gasteiger partial charge in [0.05, 0.1) is 0 Å². The molecule has 0 saturated heterocycles. The summed E-state index contributed by atoms with van der Waals surface area (Å²) in [6, 6.07) is 0. The third-order valence-corrected chi connectivity index (χ3v) is 0.640. The first-order chi connectivity index (χ1) is 5.43. The third-order valence-electron chi connectivity index (χ3n) is 0.640. The summed E-state index contributed by atoms with van der Waals surface area (Å²) >= 11 is 0. The Hall–Kier alpha value is 2.28. The second-order valence-corrected chi connectivity index (χ2v) is 1.76. The third kappa shape index (κ3) is 18.6. The van der Waals surface area contributed by atoms with Crippen LogP contribution in [-0.2, 0) is 28.7 Å². The molecule has 74 valence electrons. The molecule has 0 amide bonds. The molecule has 0 radical (unpaired) electrons. The summed E-state index contributed by atoms with van der Waals surface area (Å²) in [7, 11) is 0. The van der Waals surface area contributed by atoms with Gasteiger partial charge in [0.15, 0.2) is 0 Å². The summed E-state index contributed by atoms with van der Waals surface area (Å²) < 4.78 is 7.62. The van der Waals surface area contributed by atoms with Gasteiger partial charge >= 0.3 is 142 Å². The minimum absolute atomic E-state index is 0. The van der Waals surface area contributed by atoms with E-state index in [0.29, 0.717) is 0 Å². The van der Waals surface area contributed by atoms with E-state index in [1.165, 1.54) is 0 Å². The normalized spacial score (nSPS) is 6.38. The van der Waals surface area contributed by atoms with Crippen molar-refractivity contribution in [3.8, 4) is 0 Å². The predicted molar refractivity (Wildman–Crippen MR) is 62.1 cm³/mol. The molecule has 6 nitrogen and oxygen atoms in total. The average Bonchev–Trinajstić information content (AvgIpc) is 1.84. The molecule has 0 saturated carbocycles. The van der Waals surface area contributed by atoms with E-state index >= 15 is 0 Å². The van der Waals surface area contributed by atoms with Crippen LogP contribution >= 0.6 is 0 Å². The van der Waals surface area contributed by atoms with E-state index < -0.39 is 23.9 Å². The van der Waals surface area contributed by atoms with Crippen LogP contribution < -0.4 is 0 Å². The van der Waals surface area contributed by atoms with E-state index in [-0.39, 0.29) is 118 Å². The van der Waals surface area contributed by atoms with Crippen LogP contribution in [0.3, 0.4) is 0 Å². The fourth-order valence-electron chi connectivity index (χ4n) is 0.344. The van der Waals surface area contributed by atoms with Crippen LogP contribution in [0, 0.1) is 0 Å². The Morgan fingerprint density at radius 3 is 0.938 bits per heavy atom. The molecule has 0 spiro atoms. The molecule has 0 aliphatic heterocycles. The van der Waals surface area contributed by atoms with Crippen molar-refractivity contribution in [1.29, 1.82) is 0 Å². The number of rotatable bonds is 0. The molecule has 0 heterocycles. The number of hydrogen-bond acceptors (Lipinski definition) is 6. The second-order valence-electron chi connectivity index (χ2n) is 1.76. The second kappa shape index (κ2) is 17.3. The fraction of sp³-hybridized carbons (Fsp3) is 0.333. The molecule has 0 rings (SSSR count). The maximum absolute atomic E-state index is 10.4. The summed E-state index contributed by atoms with van der Waals surface area (Å²) in [5.74, 6) is -4.89. The zero-order valence-corrected chi connectivity index (χ0v) is 6.45. The molecule has 0 atom stereocenters. The van der Waals surface area contributed by atoms with Gasteiger partial charge in [-0.3, -0.25) is 9.59 Å². The van der Waals surface area contributed by atoms with E-state index in [1.807, 2.05) is 0 Å². The molecular weight excluding hydrogens is 260 g/mol. The van der Waals surface area contributed by atoms with Crippen molar-refractivity contribution >= 4 is 142 Å². The summed E-state index contributed by atoms with van der Waals surface area (Å²) in [6.45, 7) is 1.89. The van der Waals surface area contributed by atoms with E-state index in [4.69, 9.17) is 0 Å². The zero-order chi connectivity index (χ0) is 9.72. The van der Waals surface area contributed by atoms with E-state index in [0.717, 1.165) is 13.8 Å². The summed E-state index contributed by atoms with van der Waals surface area (Å²) in [5.41, 5.74) is 0. The van der Waals surface area contributed by atoms with Crippen LogP contribution in [0.4, 0.5) is 0 Å². The Balaban J connectivity index is -0.000000101. The Morgan fingerprint density at radius 2 is 0.812 bits per heavy atom. The van der Waals surface area contributed by atoms with Crippen LogP contribution in [0.15, 0.2) is 0 Å². The monoisotopic (exact) mass is 270 g/mol. The molecule has 0 aliphatic carbocycles. The Bertz CT molecular complexity index is 227. The SMILES string of the molecule is CC(=O)OC(=O)C(=O)OC(C)=O.[NaH].[NaH].[NaH].[NaH]. The molecule has 0 aromatic rings. The number of esters is 4. The van der Waals surface area contributed by atoms with Gasteiger partial charge < -0.3 is 9.47 Å². The standard InChI is InChI=1S/C6H6O6.4Na.4H/c1-3(7)11-5(9)6(10)12-4(2)8;;;;;;;;/h1-2H3;;;;;;;;. The van der Waals surface area contributed by atoms with Crippen LogP contribution in [0.1, 0.15) is 13.8 Å². The van der Waals surface area contributed by atoms with Crippen molar-refractivity contribution in [2.45, 2.75) is 13.8 Å². The average molecular weight is 270 g/mol. The molecule has 0 aromatic carbocycles. The topological polar surface area (TPSA) is 86.7 Å². The van der Waals surface area contributed by atoms with Gasteiger partial charge in [0, 0.05) is 13.8 Å². The molecule has 0 fully saturated rings. The van der Waals surface area contributed by atoms with Gasteiger partial charge in [-0.05, 0) is 0 Å². The van der Waals surface area contributed by atoms with E-state index in [1.54, 1.807) is 0 Å². The number of ether oxygens (including phenoxy) is 2. The van der Waals surface area contributed by atoms with E-state index in [2.05, 4.69) is 9.47 Å². The van der Waals surface area contributed by atoms with Crippen molar-refractivity contribution in [2.75, 3.05) is 0 Å². The molecule has 0 bridgehead atoms. The quantitative estimate of drug-likeness (QED) is 0.197. The van der Waals surface area contributed by atoms with Crippen molar-refractivity contribution in [3.05, 3.63) is 0 Å². The first-order valence-corrected chi connectivity index (χ1v) is 2.88. The van der Waals surface area contributed by atoms with Gasteiger partial charge in [-0.1, -0.05) is 0 Å². The van der Waals surface area contributed by atoms with Crippen molar-refractivity contribution in [3.63, 3.8) is 0 Å². The minimum atomic E-state index is -1.50. The zero-order valence-electron chi connectivity index (χ0n) is 6.45. The fourth-order valence-corrected chi connectivity index (χ4v) is 0.344. The van der Waals surface area contributed by atoms with Crippen molar-refractivity contribution in [2.24, 2.45) is 0 Å². The van der Waals surface area contributed by atoms with E-state index in [9.17, 15) is 19.2 Å². The molecule has 10 heteroatoms. The van der Waals surface area contributed by atoms with Crippen LogP contribution in [-0.4, -0.2) is 142 Å². The van der Waals surface area contributed by atoms with Gasteiger partial charge in [-0.15, -0.1) is 0 Å². The van der Waals surface area contributed by atoms with Gasteiger partial charge in [0.25, 0.3) is 0 Å². The Labute approximate surface area is 181 Å². The molecule has 0 unspecified atom stereocenters. The number of carbonyl (C=O) groups excluding carboxylic acids is 4. The maximum atomic E-state index is 10.4. The molecule has 16 heavy (non-hydrogen) atoms. The summed E-state index contributed by atoms with van der Waals surface area (Å²) in [6.07, 6.45) is 0. The Morgan fingerprint density at radius 1 is 0.625 bits per heavy atom.